The van der Waals surface area contributed by atoms with E-state index in [9.17, 15) is 25.2 Å². The number of anilines is 1. The first-order valence-corrected chi connectivity index (χ1v) is 9.94. The van der Waals surface area contributed by atoms with Crippen LogP contribution < -0.4 is 5.32 Å². The van der Waals surface area contributed by atoms with Crippen LogP contribution in [0.1, 0.15) is 0 Å². The normalized spacial score (nSPS) is 23.6. The van der Waals surface area contributed by atoms with Crippen molar-refractivity contribution in [2.45, 2.75) is 35.8 Å². The standard InChI is InChI=1S/C17H24N2O7S2/c1-26-16(25)10-8-28-15(14(24)13(23)12(22)11(21)7-20)19(10)17(27)18-9-5-3-2-4-6-9/h2-6,10-15,20-24H,7-8H2,1H3,(H,18,27)/t10-,11-,12-,13+,14-,15?/m0/s1. The summed E-state index contributed by atoms with van der Waals surface area (Å²) in [5.41, 5.74) is 0.664. The lowest BCUT2D eigenvalue weighted by Gasteiger charge is -2.36. The number of aliphatic hydroxyl groups excluding tert-OH is 5. The first-order chi connectivity index (χ1) is 13.3. The van der Waals surface area contributed by atoms with E-state index in [1.807, 2.05) is 6.07 Å². The summed E-state index contributed by atoms with van der Waals surface area (Å²) >= 11 is 6.56. The van der Waals surface area contributed by atoms with Crippen molar-refractivity contribution < 1.29 is 35.1 Å². The number of thioether (sulfide) groups is 1. The van der Waals surface area contributed by atoms with Crippen LogP contribution in [0.15, 0.2) is 30.3 Å². The van der Waals surface area contributed by atoms with Gasteiger partial charge in [-0.3, -0.25) is 0 Å². The monoisotopic (exact) mass is 432 g/mol. The Morgan fingerprint density at radius 2 is 1.93 bits per heavy atom. The van der Waals surface area contributed by atoms with Crippen molar-refractivity contribution in [3.8, 4) is 0 Å². The highest BCUT2D eigenvalue weighted by atomic mass is 32.2. The minimum Gasteiger partial charge on any atom is -0.467 e. The summed E-state index contributed by atoms with van der Waals surface area (Å²) in [6.07, 6.45) is -6.77. The molecule has 156 valence electrons. The number of methoxy groups -OCH3 is 1. The predicted octanol–water partition coefficient (Wildman–Crippen LogP) is -1.26. The van der Waals surface area contributed by atoms with Gasteiger partial charge in [-0.1, -0.05) is 18.2 Å². The molecule has 0 saturated carbocycles. The van der Waals surface area contributed by atoms with Gasteiger partial charge < -0.3 is 40.5 Å². The molecule has 9 nitrogen and oxygen atoms in total. The minimum absolute atomic E-state index is 0.125. The Hall–Kier alpha value is -1.47. The molecule has 6 N–H and O–H groups in total. The van der Waals surface area contributed by atoms with E-state index in [1.54, 1.807) is 24.3 Å². The number of nitrogens with zero attached hydrogens (tertiary/aromatic N) is 1. The van der Waals surface area contributed by atoms with Gasteiger partial charge in [0.2, 0.25) is 0 Å². The molecule has 1 unspecified atom stereocenters. The molecule has 0 spiro atoms. The SMILES string of the molecule is COC(=O)[C@@H]1CSC([C@@H](O)[C@H](O)[C@@H](O)[C@@H](O)CO)N1C(=S)Nc1ccccc1. The average molecular weight is 433 g/mol. The zero-order valence-electron chi connectivity index (χ0n) is 15.1. The number of carbonyl (C=O) groups excluding carboxylic acids is 1. The minimum atomic E-state index is -1.78. The van der Waals surface area contributed by atoms with Crippen LogP contribution in [0.2, 0.25) is 0 Å². The third kappa shape index (κ3) is 5.11. The van der Waals surface area contributed by atoms with Gasteiger partial charge in [-0.15, -0.1) is 11.8 Å². The molecule has 1 fully saturated rings. The van der Waals surface area contributed by atoms with Crippen molar-refractivity contribution in [1.82, 2.24) is 4.90 Å². The number of aliphatic hydroxyl groups is 5. The molecule has 6 atom stereocenters. The number of para-hydroxylation sites is 1. The molecule has 0 bridgehead atoms. The number of hydrogen-bond donors (Lipinski definition) is 6. The number of nitrogens with one attached hydrogen (secondary N) is 1. The average Bonchev–Trinajstić information content (AvgIpc) is 3.16. The summed E-state index contributed by atoms with van der Waals surface area (Å²) in [7, 11) is 1.23. The molecule has 1 aliphatic rings. The molecule has 0 radical (unpaired) electrons. The third-order valence-corrected chi connectivity index (χ3v) is 6.01. The lowest BCUT2D eigenvalue weighted by atomic mass is 10.0. The van der Waals surface area contributed by atoms with Crippen molar-refractivity contribution in [2.75, 3.05) is 24.8 Å². The maximum absolute atomic E-state index is 12.2. The van der Waals surface area contributed by atoms with E-state index < -0.39 is 48.4 Å². The topological polar surface area (TPSA) is 143 Å². The van der Waals surface area contributed by atoms with E-state index in [4.69, 9.17) is 22.1 Å². The number of ether oxygens (including phenoxy) is 1. The first-order valence-electron chi connectivity index (χ1n) is 8.48. The number of esters is 1. The lowest BCUT2D eigenvalue weighted by molar-refractivity contribution is -0.146. The first kappa shape index (κ1) is 22.8. The molecule has 0 aromatic heterocycles. The van der Waals surface area contributed by atoms with Crippen LogP contribution in [0.25, 0.3) is 0 Å². The zero-order chi connectivity index (χ0) is 20.8. The van der Waals surface area contributed by atoms with E-state index in [1.165, 1.54) is 12.0 Å². The van der Waals surface area contributed by atoms with Crippen LogP contribution in [0.4, 0.5) is 5.69 Å². The molecule has 28 heavy (non-hydrogen) atoms. The number of carbonyl (C=O) groups is 1. The highest BCUT2D eigenvalue weighted by molar-refractivity contribution is 8.00. The van der Waals surface area contributed by atoms with Gasteiger partial charge in [-0.05, 0) is 24.4 Å². The van der Waals surface area contributed by atoms with Crippen molar-refractivity contribution in [3.63, 3.8) is 0 Å². The second kappa shape index (κ2) is 10.3. The van der Waals surface area contributed by atoms with Gasteiger partial charge in [0, 0.05) is 11.4 Å². The fraction of sp³-hybridized carbons (Fsp3) is 0.529. The number of thiocarbonyl (C=S) groups is 1. The van der Waals surface area contributed by atoms with Crippen LogP contribution in [0.5, 0.6) is 0 Å². The Labute approximate surface area is 171 Å². The quantitative estimate of drug-likeness (QED) is 0.227. The van der Waals surface area contributed by atoms with Gasteiger partial charge in [0.25, 0.3) is 0 Å². The highest BCUT2D eigenvalue weighted by Crippen LogP contribution is 2.34. The van der Waals surface area contributed by atoms with Gasteiger partial charge in [-0.2, -0.15) is 0 Å². The van der Waals surface area contributed by atoms with Crippen LogP contribution in [0, 0.1) is 0 Å². The number of rotatable bonds is 7. The van der Waals surface area contributed by atoms with E-state index in [0.29, 0.717) is 5.69 Å². The van der Waals surface area contributed by atoms with Gasteiger partial charge in [0.15, 0.2) is 5.11 Å². The summed E-state index contributed by atoms with van der Waals surface area (Å²) in [5, 5.41) is 51.4. The van der Waals surface area contributed by atoms with Crippen molar-refractivity contribution in [2.24, 2.45) is 0 Å². The van der Waals surface area contributed by atoms with Crippen LogP contribution in [-0.4, -0.2) is 96.8 Å². The zero-order valence-corrected chi connectivity index (χ0v) is 16.7. The summed E-state index contributed by atoms with van der Waals surface area (Å²) in [5.74, 6) is -0.332. The van der Waals surface area contributed by atoms with Crippen LogP contribution in [0.3, 0.4) is 0 Å². The summed E-state index contributed by atoms with van der Waals surface area (Å²) < 4.78 is 4.81. The number of hydrogen-bond acceptors (Lipinski definition) is 9. The van der Waals surface area contributed by atoms with Crippen LogP contribution >= 0.6 is 24.0 Å². The second-order valence-electron chi connectivity index (χ2n) is 6.19. The molecule has 2 rings (SSSR count). The third-order valence-electron chi connectivity index (χ3n) is 4.34. The molecule has 1 heterocycles. The Morgan fingerprint density at radius 3 is 2.50 bits per heavy atom. The predicted molar refractivity (Wildman–Crippen MR) is 108 cm³/mol. The van der Waals surface area contributed by atoms with Crippen molar-refractivity contribution in [3.05, 3.63) is 30.3 Å². The molecular weight excluding hydrogens is 408 g/mol. The highest BCUT2D eigenvalue weighted by Gasteiger charge is 2.47. The fourth-order valence-corrected chi connectivity index (χ4v) is 4.65. The van der Waals surface area contributed by atoms with Crippen molar-refractivity contribution in [1.29, 1.82) is 0 Å². The second-order valence-corrected chi connectivity index (χ2v) is 7.72. The Bertz CT molecular complexity index is 666. The Morgan fingerprint density at radius 1 is 1.29 bits per heavy atom. The largest absolute Gasteiger partial charge is 0.467 e. The van der Waals surface area contributed by atoms with Crippen LogP contribution in [-0.2, 0) is 9.53 Å². The number of benzene rings is 1. The van der Waals surface area contributed by atoms with E-state index in [0.717, 1.165) is 11.8 Å². The fourth-order valence-electron chi connectivity index (χ4n) is 2.78. The molecule has 0 aliphatic carbocycles. The van der Waals surface area contributed by atoms with E-state index >= 15 is 0 Å². The Kier molecular flexibility index (Phi) is 8.43. The maximum Gasteiger partial charge on any atom is 0.329 e. The summed E-state index contributed by atoms with van der Waals surface area (Å²) in [4.78, 5) is 13.6. The molecule has 0 amide bonds. The molecule has 11 heteroatoms. The maximum atomic E-state index is 12.2. The summed E-state index contributed by atoms with van der Waals surface area (Å²) in [6, 6.07) is 8.14. The Balaban J connectivity index is 2.23. The van der Waals surface area contributed by atoms with Gasteiger partial charge in [0.1, 0.15) is 35.8 Å². The smallest absolute Gasteiger partial charge is 0.329 e. The van der Waals surface area contributed by atoms with Gasteiger partial charge in [0.05, 0.1) is 13.7 Å². The van der Waals surface area contributed by atoms with E-state index in [2.05, 4.69) is 5.32 Å². The van der Waals surface area contributed by atoms with Gasteiger partial charge in [-0.25, -0.2) is 4.79 Å². The lowest BCUT2D eigenvalue weighted by Crippen LogP contribution is -2.56. The molecule has 1 aromatic rings. The van der Waals surface area contributed by atoms with E-state index in [-0.39, 0.29) is 10.9 Å². The molecule has 1 aliphatic heterocycles. The molecule has 1 saturated heterocycles. The summed E-state index contributed by atoms with van der Waals surface area (Å²) in [6.45, 7) is -0.786. The van der Waals surface area contributed by atoms with Crippen molar-refractivity contribution >= 4 is 40.7 Å². The van der Waals surface area contributed by atoms with Gasteiger partial charge >= 0.3 is 5.97 Å². The molecular formula is C17H24N2O7S2. The molecule has 1 aromatic carbocycles.